The zero-order chi connectivity index (χ0) is 16.8. The molecule has 4 heteroatoms. The van der Waals surface area contributed by atoms with Gasteiger partial charge in [-0.3, -0.25) is 0 Å². The van der Waals surface area contributed by atoms with Crippen molar-refractivity contribution in [3.63, 3.8) is 0 Å². The van der Waals surface area contributed by atoms with Gasteiger partial charge in [-0.2, -0.15) is 0 Å². The summed E-state index contributed by atoms with van der Waals surface area (Å²) in [6.45, 7) is 0.538. The zero-order valence-corrected chi connectivity index (χ0v) is 13.0. The molecule has 0 saturated carbocycles. The number of rotatable bonds is 6. The van der Waals surface area contributed by atoms with Gasteiger partial charge in [0.2, 0.25) is 0 Å². The van der Waals surface area contributed by atoms with Crippen LogP contribution in [-0.2, 0) is 6.54 Å². The van der Waals surface area contributed by atoms with Crippen molar-refractivity contribution in [3.8, 4) is 11.5 Å². The SMILES string of the molecule is O=C(O)c1ccc(Oc2ccccc2)cc1NCc1ccccc1. The van der Waals surface area contributed by atoms with Crippen LogP contribution in [0.4, 0.5) is 5.69 Å². The second kappa shape index (κ2) is 7.33. The molecule has 4 nitrogen and oxygen atoms in total. The van der Waals surface area contributed by atoms with E-state index in [0.29, 0.717) is 23.7 Å². The van der Waals surface area contributed by atoms with Gasteiger partial charge in [0.1, 0.15) is 11.5 Å². The van der Waals surface area contributed by atoms with Gasteiger partial charge in [0.05, 0.1) is 11.3 Å². The fourth-order valence-electron chi connectivity index (χ4n) is 2.34. The molecule has 3 aromatic rings. The average molecular weight is 319 g/mol. The minimum atomic E-state index is -0.975. The molecule has 0 atom stereocenters. The highest BCUT2D eigenvalue weighted by Crippen LogP contribution is 2.27. The van der Waals surface area contributed by atoms with Gasteiger partial charge in [0, 0.05) is 12.6 Å². The summed E-state index contributed by atoms with van der Waals surface area (Å²) in [7, 11) is 0. The topological polar surface area (TPSA) is 58.6 Å². The molecule has 0 aliphatic rings. The second-order valence-corrected chi connectivity index (χ2v) is 5.27. The molecule has 0 aliphatic carbocycles. The van der Waals surface area contributed by atoms with E-state index in [2.05, 4.69) is 5.32 Å². The van der Waals surface area contributed by atoms with E-state index < -0.39 is 5.97 Å². The summed E-state index contributed by atoms with van der Waals surface area (Å²) in [5.74, 6) is 0.313. The van der Waals surface area contributed by atoms with Gasteiger partial charge in [-0.1, -0.05) is 48.5 Å². The maximum Gasteiger partial charge on any atom is 0.337 e. The van der Waals surface area contributed by atoms with Crippen molar-refractivity contribution in [2.75, 3.05) is 5.32 Å². The number of hydrogen-bond acceptors (Lipinski definition) is 3. The number of carboxylic acid groups (broad SMARTS) is 1. The van der Waals surface area contributed by atoms with Crippen molar-refractivity contribution in [1.82, 2.24) is 0 Å². The molecule has 0 aromatic heterocycles. The number of aromatic carboxylic acids is 1. The van der Waals surface area contributed by atoms with Crippen LogP contribution in [0.2, 0.25) is 0 Å². The highest BCUT2D eigenvalue weighted by Gasteiger charge is 2.11. The Hall–Kier alpha value is -3.27. The lowest BCUT2D eigenvalue weighted by Crippen LogP contribution is -2.06. The van der Waals surface area contributed by atoms with Crippen LogP contribution in [0, 0.1) is 0 Å². The monoisotopic (exact) mass is 319 g/mol. The molecule has 0 spiro atoms. The molecule has 0 unspecified atom stereocenters. The van der Waals surface area contributed by atoms with Crippen molar-refractivity contribution < 1.29 is 14.6 Å². The van der Waals surface area contributed by atoms with Gasteiger partial charge in [0.25, 0.3) is 0 Å². The lowest BCUT2D eigenvalue weighted by molar-refractivity contribution is 0.0698. The third-order valence-electron chi connectivity index (χ3n) is 3.53. The number of benzene rings is 3. The summed E-state index contributed by atoms with van der Waals surface area (Å²) in [6.07, 6.45) is 0. The van der Waals surface area contributed by atoms with E-state index in [9.17, 15) is 9.90 Å². The minimum absolute atomic E-state index is 0.214. The van der Waals surface area contributed by atoms with Gasteiger partial charge in [-0.25, -0.2) is 4.79 Å². The average Bonchev–Trinajstić information content (AvgIpc) is 2.61. The van der Waals surface area contributed by atoms with Gasteiger partial charge in [0.15, 0.2) is 0 Å². The van der Waals surface area contributed by atoms with Crippen LogP contribution in [0.5, 0.6) is 11.5 Å². The molecular weight excluding hydrogens is 302 g/mol. The first-order valence-corrected chi connectivity index (χ1v) is 7.60. The van der Waals surface area contributed by atoms with Crippen molar-refractivity contribution >= 4 is 11.7 Å². The Bertz CT molecular complexity index is 817. The lowest BCUT2D eigenvalue weighted by atomic mass is 10.1. The third kappa shape index (κ3) is 3.93. The molecular formula is C20H17NO3. The summed E-state index contributed by atoms with van der Waals surface area (Å²) in [4.78, 5) is 11.4. The Morgan fingerprint density at radius 2 is 1.54 bits per heavy atom. The highest BCUT2D eigenvalue weighted by molar-refractivity contribution is 5.94. The lowest BCUT2D eigenvalue weighted by Gasteiger charge is -2.12. The van der Waals surface area contributed by atoms with Crippen molar-refractivity contribution in [2.24, 2.45) is 0 Å². The first-order valence-electron chi connectivity index (χ1n) is 7.60. The van der Waals surface area contributed by atoms with E-state index in [4.69, 9.17) is 4.74 Å². The Balaban J connectivity index is 1.82. The van der Waals surface area contributed by atoms with E-state index in [-0.39, 0.29) is 5.56 Å². The Labute approximate surface area is 140 Å². The molecule has 0 saturated heterocycles. The van der Waals surface area contributed by atoms with Crippen LogP contribution < -0.4 is 10.1 Å². The van der Waals surface area contributed by atoms with Crippen LogP contribution in [0.15, 0.2) is 78.9 Å². The molecule has 3 rings (SSSR count). The van der Waals surface area contributed by atoms with Gasteiger partial charge in [-0.15, -0.1) is 0 Å². The maximum absolute atomic E-state index is 11.4. The fourth-order valence-corrected chi connectivity index (χ4v) is 2.34. The van der Waals surface area contributed by atoms with Gasteiger partial charge >= 0.3 is 5.97 Å². The molecule has 2 N–H and O–H groups in total. The van der Waals surface area contributed by atoms with E-state index >= 15 is 0 Å². The van der Waals surface area contributed by atoms with Gasteiger partial charge < -0.3 is 15.2 Å². The molecule has 0 fully saturated rings. The van der Waals surface area contributed by atoms with Crippen LogP contribution in [0.1, 0.15) is 15.9 Å². The summed E-state index contributed by atoms with van der Waals surface area (Å²) < 4.78 is 5.77. The summed E-state index contributed by atoms with van der Waals surface area (Å²) in [6, 6.07) is 24.1. The molecule has 120 valence electrons. The first kappa shape index (κ1) is 15.6. The van der Waals surface area contributed by atoms with E-state index in [1.807, 2.05) is 60.7 Å². The Morgan fingerprint density at radius 3 is 2.21 bits per heavy atom. The van der Waals surface area contributed by atoms with Crippen LogP contribution in [-0.4, -0.2) is 11.1 Å². The maximum atomic E-state index is 11.4. The van der Waals surface area contributed by atoms with Gasteiger partial charge in [-0.05, 0) is 29.8 Å². The van der Waals surface area contributed by atoms with Crippen LogP contribution in [0.25, 0.3) is 0 Å². The summed E-state index contributed by atoms with van der Waals surface area (Å²) in [5, 5.41) is 12.5. The molecule has 0 heterocycles. The first-order chi connectivity index (χ1) is 11.7. The number of ether oxygens (including phenoxy) is 1. The zero-order valence-electron chi connectivity index (χ0n) is 13.0. The Morgan fingerprint density at radius 1 is 0.875 bits per heavy atom. The van der Waals surface area contributed by atoms with E-state index in [1.54, 1.807) is 18.2 Å². The highest BCUT2D eigenvalue weighted by atomic mass is 16.5. The largest absolute Gasteiger partial charge is 0.478 e. The molecule has 0 radical (unpaired) electrons. The molecule has 24 heavy (non-hydrogen) atoms. The summed E-state index contributed by atoms with van der Waals surface area (Å²) >= 11 is 0. The van der Waals surface area contributed by atoms with Crippen LogP contribution >= 0.6 is 0 Å². The number of nitrogens with one attached hydrogen (secondary N) is 1. The second-order valence-electron chi connectivity index (χ2n) is 5.27. The van der Waals surface area contributed by atoms with Crippen molar-refractivity contribution in [2.45, 2.75) is 6.54 Å². The number of carbonyl (C=O) groups is 1. The Kier molecular flexibility index (Phi) is 4.77. The fraction of sp³-hybridized carbons (Fsp3) is 0.0500. The molecule has 0 amide bonds. The quantitative estimate of drug-likeness (QED) is 0.686. The number of hydrogen-bond donors (Lipinski definition) is 2. The third-order valence-corrected chi connectivity index (χ3v) is 3.53. The molecule has 0 bridgehead atoms. The predicted octanol–water partition coefficient (Wildman–Crippen LogP) is 4.79. The number of carboxylic acids is 1. The smallest absolute Gasteiger partial charge is 0.337 e. The summed E-state index contributed by atoms with van der Waals surface area (Å²) in [5.41, 5.74) is 1.81. The molecule has 0 aliphatic heterocycles. The normalized spacial score (nSPS) is 10.2. The van der Waals surface area contributed by atoms with Crippen molar-refractivity contribution in [3.05, 3.63) is 90.0 Å². The van der Waals surface area contributed by atoms with Crippen molar-refractivity contribution in [1.29, 1.82) is 0 Å². The standard InChI is InChI=1S/C20H17NO3/c22-20(23)18-12-11-17(24-16-9-5-2-6-10-16)13-19(18)21-14-15-7-3-1-4-8-15/h1-13,21H,14H2,(H,22,23). The number of para-hydroxylation sites is 1. The minimum Gasteiger partial charge on any atom is -0.478 e. The van der Waals surface area contributed by atoms with E-state index in [0.717, 1.165) is 5.56 Å². The van der Waals surface area contributed by atoms with Crippen LogP contribution in [0.3, 0.4) is 0 Å². The molecule has 3 aromatic carbocycles. The van der Waals surface area contributed by atoms with E-state index in [1.165, 1.54) is 0 Å². The predicted molar refractivity (Wildman–Crippen MR) is 93.7 cm³/mol. The number of anilines is 1.